The molecule has 3 aromatic rings. The molecule has 4 rings (SSSR count). The summed E-state index contributed by atoms with van der Waals surface area (Å²) in [6.07, 6.45) is 1.72. The molecule has 4 nitrogen and oxygen atoms in total. The predicted molar refractivity (Wildman–Crippen MR) is 109 cm³/mol. The van der Waals surface area contributed by atoms with E-state index in [0.29, 0.717) is 28.7 Å². The SMILES string of the molecule is O=C1ON=C(c2ccccc2)/C1=C/c1ccc(OCc2ccccc2)c(Cl)c1. The Bertz CT molecular complexity index is 1060. The maximum absolute atomic E-state index is 12.1. The van der Waals surface area contributed by atoms with Gasteiger partial charge in [0.15, 0.2) is 0 Å². The van der Waals surface area contributed by atoms with Crippen LogP contribution in [0.3, 0.4) is 0 Å². The minimum absolute atomic E-state index is 0.389. The van der Waals surface area contributed by atoms with Gasteiger partial charge >= 0.3 is 5.97 Å². The molecule has 0 amide bonds. The van der Waals surface area contributed by atoms with Crippen molar-refractivity contribution in [1.82, 2.24) is 0 Å². The Morgan fingerprint density at radius 2 is 1.68 bits per heavy atom. The topological polar surface area (TPSA) is 47.9 Å². The van der Waals surface area contributed by atoms with Crippen LogP contribution in [0.2, 0.25) is 5.02 Å². The zero-order valence-electron chi connectivity index (χ0n) is 14.8. The summed E-state index contributed by atoms with van der Waals surface area (Å²) < 4.78 is 5.79. The Morgan fingerprint density at radius 3 is 2.39 bits per heavy atom. The molecule has 1 heterocycles. The van der Waals surface area contributed by atoms with E-state index in [0.717, 1.165) is 16.7 Å². The molecule has 0 saturated heterocycles. The van der Waals surface area contributed by atoms with Crippen molar-refractivity contribution in [1.29, 1.82) is 0 Å². The number of oxime groups is 1. The Kier molecular flexibility index (Phi) is 5.22. The number of carbonyl (C=O) groups excluding carboxylic acids is 1. The summed E-state index contributed by atoms with van der Waals surface area (Å²) in [5.41, 5.74) is 3.52. The lowest BCUT2D eigenvalue weighted by Gasteiger charge is -2.09. The third-order valence-corrected chi connectivity index (χ3v) is 4.54. The van der Waals surface area contributed by atoms with Crippen molar-refractivity contribution in [2.24, 2.45) is 5.16 Å². The monoisotopic (exact) mass is 389 g/mol. The van der Waals surface area contributed by atoms with E-state index in [1.807, 2.05) is 66.7 Å². The standard InChI is InChI=1S/C23H16ClNO3/c24-20-14-17(11-12-21(20)27-15-16-7-3-1-4-8-16)13-19-22(25-28-23(19)26)18-9-5-2-6-10-18/h1-14H,15H2/b19-13-. The van der Waals surface area contributed by atoms with Crippen LogP contribution in [-0.2, 0) is 16.2 Å². The molecule has 0 radical (unpaired) electrons. The van der Waals surface area contributed by atoms with Gasteiger partial charge in [0.25, 0.3) is 0 Å². The second-order valence-electron chi connectivity index (χ2n) is 6.21. The molecular formula is C23H16ClNO3. The average molecular weight is 390 g/mol. The normalized spacial score (nSPS) is 14.7. The smallest absolute Gasteiger partial charge is 0.368 e. The summed E-state index contributed by atoms with van der Waals surface area (Å²) in [6.45, 7) is 0.429. The number of hydrogen-bond donors (Lipinski definition) is 0. The maximum atomic E-state index is 12.1. The fourth-order valence-corrected chi connectivity index (χ4v) is 3.08. The number of ether oxygens (including phenoxy) is 1. The average Bonchev–Trinajstić information content (AvgIpc) is 3.09. The van der Waals surface area contributed by atoms with Crippen LogP contribution < -0.4 is 4.74 Å². The predicted octanol–water partition coefficient (Wildman–Crippen LogP) is 5.26. The van der Waals surface area contributed by atoms with E-state index in [-0.39, 0.29) is 0 Å². The molecule has 138 valence electrons. The Morgan fingerprint density at radius 1 is 0.964 bits per heavy atom. The molecule has 0 N–H and O–H groups in total. The van der Waals surface area contributed by atoms with Crippen LogP contribution >= 0.6 is 11.6 Å². The van der Waals surface area contributed by atoms with E-state index < -0.39 is 5.97 Å². The van der Waals surface area contributed by atoms with Gasteiger partial charge in [-0.05, 0) is 29.3 Å². The molecule has 0 bridgehead atoms. The number of hydrogen-bond acceptors (Lipinski definition) is 4. The highest BCUT2D eigenvalue weighted by atomic mass is 35.5. The van der Waals surface area contributed by atoms with Gasteiger partial charge in [0.05, 0.1) is 10.6 Å². The molecule has 0 aliphatic carbocycles. The van der Waals surface area contributed by atoms with Crippen LogP contribution in [-0.4, -0.2) is 11.7 Å². The summed E-state index contributed by atoms with van der Waals surface area (Å²) in [5, 5.41) is 4.38. The zero-order chi connectivity index (χ0) is 19.3. The van der Waals surface area contributed by atoms with Gasteiger partial charge in [-0.15, -0.1) is 0 Å². The largest absolute Gasteiger partial charge is 0.487 e. The van der Waals surface area contributed by atoms with E-state index in [4.69, 9.17) is 21.2 Å². The third-order valence-electron chi connectivity index (χ3n) is 4.25. The Balaban J connectivity index is 1.55. The Labute approximate surface area is 167 Å². The lowest BCUT2D eigenvalue weighted by atomic mass is 10.0. The van der Waals surface area contributed by atoms with Crippen molar-refractivity contribution in [3.63, 3.8) is 0 Å². The van der Waals surface area contributed by atoms with Gasteiger partial charge in [0.1, 0.15) is 18.1 Å². The van der Waals surface area contributed by atoms with Gasteiger partial charge in [0, 0.05) is 5.56 Å². The number of rotatable bonds is 5. The molecule has 3 aromatic carbocycles. The summed E-state index contributed by atoms with van der Waals surface area (Å²) in [6, 6.07) is 24.7. The van der Waals surface area contributed by atoms with Gasteiger partial charge in [-0.25, -0.2) is 4.79 Å². The summed E-state index contributed by atoms with van der Waals surface area (Å²) in [4.78, 5) is 17.0. The molecule has 1 aliphatic rings. The van der Waals surface area contributed by atoms with Gasteiger partial charge in [0.2, 0.25) is 0 Å². The molecule has 0 unspecified atom stereocenters. The van der Waals surface area contributed by atoms with E-state index in [2.05, 4.69) is 5.16 Å². The van der Waals surface area contributed by atoms with Gasteiger partial charge < -0.3 is 9.57 Å². The van der Waals surface area contributed by atoms with Gasteiger partial charge in [-0.3, -0.25) is 0 Å². The van der Waals surface area contributed by atoms with Crippen molar-refractivity contribution >= 4 is 29.4 Å². The van der Waals surface area contributed by atoms with Crippen LogP contribution in [0.5, 0.6) is 5.75 Å². The number of nitrogens with zero attached hydrogens (tertiary/aromatic N) is 1. The first-order valence-electron chi connectivity index (χ1n) is 8.74. The number of halogens is 1. The number of benzene rings is 3. The molecule has 0 fully saturated rings. The van der Waals surface area contributed by atoms with E-state index in [1.165, 1.54) is 0 Å². The van der Waals surface area contributed by atoms with Crippen LogP contribution in [0.1, 0.15) is 16.7 Å². The van der Waals surface area contributed by atoms with Crippen molar-refractivity contribution in [2.45, 2.75) is 6.61 Å². The first-order chi connectivity index (χ1) is 13.7. The van der Waals surface area contributed by atoms with E-state index in [1.54, 1.807) is 18.2 Å². The first-order valence-corrected chi connectivity index (χ1v) is 9.11. The lowest BCUT2D eigenvalue weighted by molar-refractivity contribution is -0.136. The maximum Gasteiger partial charge on any atom is 0.368 e. The quantitative estimate of drug-likeness (QED) is 0.441. The zero-order valence-corrected chi connectivity index (χ0v) is 15.6. The van der Waals surface area contributed by atoms with Crippen LogP contribution in [0.25, 0.3) is 6.08 Å². The molecule has 0 saturated carbocycles. The lowest BCUT2D eigenvalue weighted by Crippen LogP contribution is -2.06. The van der Waals surface area contributed by atoms with Gasteiger partial charge in [-0.1, -0.05) is 83.5 Å². The molecule has 5 heteroatoms. The second-order valence-corrected chi connectivity index (χ2v) is 6.61. The Hall–Kier alpha value is -3.37. The van der Waals surface area contributed by atoms with Crippen molar-refractivity contribution in [3.05, 3.63) is 106 Å². The van der Waals surface area contributed by atoms with E-state index in [9.17, 15) is 4.79 Å². The van der Waals surface area contributed by atoms with Crippen molar-refractivity contribution in [3.8, 4) is 5.75 Å². The highest BCUT2D eigenvalue weighted by Gasteiger charge is 2.26. The molecule has 0 atom stereocenters. The second kappa shape index (κ2) is 8.11. The fourth-order valence-electron chi connectivity index (χ4n) is 2.84. The molecule has 0 aromatic heterocycles. The minimum Gasteiger partial charge on any atom is -0.487 e. The van der Waals surface area contributed by atoms with Crippen molar-refractivity contribution in [2.75, 3.05) is 0 Å². The highest BCUT2D eigenvalue weighted by Crippen LogP contribution is 2.28. The third kappa shape index (κ3) is 3.97. The summed E-state index contributed by atoms with van der Waals surface area (Å²) in [5.74, 6) is 0.0954. The van der Waals surface area contributed by atoms with Crippen LogP contribution in [0, 0.1) is 0 Å². The molecule has 28 heavy (non-hydrogen) atoms. The van der Waals surface area contributed by atoms with Crippen LogP contribution in [0.4, 0.5) is 0 Å². The molecular weight excluding hydrogens is 374 g/mol. The summed E-state index contributed by atoms with van der Waals surface area (Å²) >= 11 is 6.37. The molecule has 0 spiro atoms. The summed E-state index contributed by atoms with van der Waals surface area (Å²) in [7, 11) is 0. The fraction of sp³-hybridized carbons (Fsp3) is 0.0435. The highest BCUT2D eigenvalue weighted by molar-refractivity contribution is 6.33. The van der Waals surface area contributed by atoms with Crippen LogP contribution in [0.15, 0.2) is 89.6 Å². The van der Waals surface area contributed by atoms with E-state index >= 15 is 0 Å². The first kappa shape index (κ1) is 18.0. The van der Waals surface area contributed by atoms with Gasteiger partial charge in [-0.2, -0.15) is 0 Å². The molecule has 1 aliphatic heterocycles. The van der Waals surface area contributed by atoms with Crippen molar-refractivity contribution < 1.29 is 14.4 Å². The number of carbonyl (C=O) groups is 1. The minimum atomic E-state index is -0.487.